The Balaban J connectivity index is 1.99. The lowest BCUT2D eigenvalue weighted by atomic mass is 9.70. The zero-order valence-corrected chi connectivity index (χ0v) is 19.6. The molecule has 2 aromatic rings. The molecule has 3 rings (SSSR count). The summed E-state index contributed by atoms with van der Waals surface area (Å²) in [6.07, 6.45) is 3.90. The molecule has 4 nitrogen and oxygen atoms in total. The molecule has 0 aromatic heterocycles. The van der Waals surface area contributed by atoms with Gasteiger partial charge >= 0.3 is 5.97 Å². The molecule has 0 aliphatic heterocycles. The molecular formula is C28H30F2O4. The van der Waals surface area contributed by atoms with E-state index in [1.165, 1.54) is 31.4 Å². The summed E-state index contributed by atoms with van der Waals surface area (Å²) in [5, 5.41) is 20.5. The molecule has 2 unspecified atom stereocenters. The number of allylic oxidation sites excluding steroid dienone is 5. The van der Waals surface area contributed by atoms with Crippen LogP contribution in [0.1, 0.15) is 44.2 Å². The predicted molar refractivity (Wildman–Crippen MR) is 128 cm³/mol. The van der Waals surface area contributed by atoms with Crippen LogP contribution in [0.2, 0.25) is 0 Å². The number of hydrogen-bond acceptors (Lipinski definition) is 4. The molecule has 0 spiro atoms. The predicted octanol–water partition coefficient (Wildman–Crippen LogP) is 5.46. The van der Waals surface area contributed by atoms with Crippen LogP contribution in [-0.4, -0.2) is 35.5 Å². The van der Waals surface area contributed by atoms with Crippen LogP contribution in [0.15, 0.2) is 72.3 Å². The van der Waals surface area contributed by atoms with Crippen molar-refractivity contribution in [2.24, 2.45) is 5.41 Å². The van der Waals surface area contributed by atoms with Gasteiger partial charge in [-0.3, -0.25) is 4.79 Å². The van der Waals surface area contributed by atoms with Crippen molar-refractivity contribution < 1.29 is 28.5 Å². The number of rotatable bonds is 8. The van der Waals surface area contributed by atoms with Gasteiger partial charge in [0.1, 0.15) is 11.6 Å². The van der Waals surface area contributed by atoms with E-state index in [2.05, 4.69) is 18.6 Å². The van der Waals surface area contributed by atoms with Crippen LogP contribution in [-0.2, 0) is 9.53 Å². The summed E-state index contributed by atoms with van der Waals surface area (Å²) >= 11 is 0. The summed E-state index contributed by atoms with van der Waals surface area (Å²) in [5.41, 5.74) is 4.19. The molecule has 0 heterocycles. The Bertz CT molecular complexity index is 1100. The number of methoxy groups -OCH3 is 1. The van der Waals surface area contributed by atoms with E-state index in [1.807, 2.05) is 12.2 Å². The Morgan fingerprint density at radius 1 is 1.03 bits per heavy atom. The molecule has 1 aliphatic carbocycles. The zero-order valence-electron chi connectivity index (χ0n) is 19.6. The summed E-state index contributed by atoms with van der Waals surface area (Å²) in [7, 11) is 1.24. The highest BCUT2D eigenvalue weighted by Crippen LogP contribution is 2.46. The molecule has 34 heavy (non-hydrogen) atoms. The first-order valence-corrected chi connectivity index (χ1v) is 11.2. The highest BCUT2D eigenvalue weighted by molar-refractivity contribution is 5.90. The fourth-order valence-electron chi connectivity index (χ4n) is 4.20. The minimum Gasteiger partial charge on any atom is -0.469 e. The number of hydrogen-bond donors (Lipinski definition) is 2. The molecule has 6 heteroatoms. The molecule has 0 saturated heterocycles. The fraction of sp³-hybridized carbons (Fsp3) is 0.321. The maximum absolute atomic E-state index is 13.6. The van der Waals surface area contributed by atoms with E-state index in [9.17, 15) is 23.8 Å². The Kier molecular flexibility index (Phi) is 8.18. The van der Waals surface area contributed by atoms with Gasteiger partial charge in [-0.25, -0.2) is 8.78 Å². The third kappa shape index (κ3) is 6.49. The van der Waals surface area contributed by atoms with E-state index < -0.39 is 18.2 Å². The summed E-state index contributed by atoms with van der Waals surface area (Å²) < 4.78 is 31.6. The minimum absolute atomic E-state index is 0.0120. The number of aliphatic hydroxyl groups excluding tert-OH is 2. The van der Waals surface area contributed by atoms with Crippen molar-refractivity contribution in [3.05, 3.63) is 95.1 Å². The summed E-state index contributed by atoms with van der Waals surface area (Å²) in [4.78, 5) is 11.3. The second-order valence-corrected chi connectivity index (χ2v) is 9.17. The highest BCUT2D eigenvalue weighted by Gasteiger charge is 2.30. The van der Waals surface area contributed by atoms with Crippen molar-refractivity contribution in [2.75, 3.05) is 7.11 Å². The van der Waals surface area contributed by atoms with Crippen molar-refractivity contribution >= 4 is 17.1 Å². The van der Waals surface area contributed by atoms with Crippen LogP contribution < -0.4 is 0 Å². The zero-order chi connectivity index (χ0) is 24.9. The largest absolute Gasteiger partial charge is 0.469 e. The van der Waals surface area contributed by atoms with Crippen molar-refractivity contribution in [3.8, 4) is 0 Å². The van der Waals surface area contributed by atoms with Gasteiger partial charge < -0.3 is 14.9 Å². The van der Waals surface area contributed by atoms with Gasteiger partial charge in [0.2, 0.25) is 0 Å². The van der Waals surface area contributed by atoms with Crippen LogP contribution in [0.3, 0.4) is 0 Å². The lowest BCUT2D eigenvalue weighted by molar-refractivity contribution is -0.143. The molecule has 1 aliphatic rings. The summed E-state index contributed by atoms with van der Waals surface area (Å²) in [5.74, 6) is -1.19. The van der Waals surface area contributed by atoms with E-state index >= 15 is 0 Å². The van der Waals surface area contributed by atoms with E-state index in [1.54, 1.807) is 30.3 Å². The SMILES string of the molecule is COC(=O)CC(O)CC(O)/C=C/C1=C(c2ccc(F)cc2)C=C(c2ccc(F)cc2)CC1(C)C. The second kappa shape index (κ2) is 10.9. The molecule has 0 radical (unpaired) electrons. The molecule has 0 saturated carbocycles. The molecule has 180 valence electrons. The maximum atomic E-state index is 13.6. The van der Waals surface area contributed by atoms with Gasteiger partial charge in [0.15, 0.2) is 0 Å². The minimum atomic E-state index is -1.03. The number of carbonyl (C=O) groups excluding carboxylic acids is 1. The number of esters is 1. The van der Waals surface area contributed by atoms with Crippen molar-refractivity contribution in [1.82, 2.24) is 0 Å². The lowest BCUT2D eigenvalue weighted by Gasteiger charge is -2.34. The standard InChI is InChI=1S/C28H30F2O4/c1-28(2)17-20(18-4-8-21(29)9-5-18)14-25(19-6-10-22(30)11-7-19)26(28)13-12-23(31)15-24(32)16-27(33)34-3/h4-14,23-24,31-32H,15-17H2,1-3H3/b13-12+. The van der Waals surface area contributed by atoms with Gasteiger partial charge in [-0.1, -0.05) is 56.3 Å². The topological polar surface area (TPSA) is 66.8 Å². The molecule has 0 bridgehead atoms. The quantitative estimate of drug-likeness (QED) is 0.505. The van der Waals surface area contributed by atoms with Gasteiger partial charge in [-0.05, 0) is 63.9 Å². The molecule has 2 aromatic carbocycles. The van der Waals surface area contributed by atoms with Gasteiger partial charge in [0.25, 0.3) is 0 Å². The average Bonchev–Trinajstić information content (AvgIpc) is 2.78. The van der Waals surface area contributed by atoms with Crippen molar-refractivity contribution in [1.29, 1.82) is 0 Å². The van der Waals surface area contributed by atoms with Crippen molar-refractivity contribution in [2.45, 2.75) is 45.3 Å². The van der Waals surface area contributed by atoms with E-state index in [0.29, 0.717) is 6.42 Å². The Morgan fingerprint density at radius 2 is 1.59 bits per heavy atom. The van der Waals surface area contributed by atoms with Crippen LogP contribution in [0.4, 0.5) is 8.78 Å². The van der Waals surface area contributed by atoms with Crippen molar-refractivity contribution in [3.63, 3.8) is 0 Å². The first kappa shape index (κ1) is 25.5. The number of aliphatic hydroxyl groups is 2. The Labute approximate surface area is 198 Å². The maximum Gasteiger partial charge on any atom is 0.308 e. The fourth-order valence-corrected chi connectivity index (χ4v) is 4.20. The number of benzene rings is 2. The first-order chi connectivity index (χ1) is 16.1. The van der Waals surface area contributed by atoms with E-state index in [0.717, 1.165) is 27.8 Å². The molecule has 2 N–H and O–H groups in total. The third-order valence-electron chi connectivity index (χ3n) is 5.97. The monoisotopic (exact) mass is 468 g/mol. The Hall–Kier alpha value is -3.09. The number of halogens is 2. The van der Waals surface area contributed by atoms with Gasteiger partial charge in [0.05, 0.1) is 25.7 Å². The van der Waals surface area contributed by atoms with Crippen LogP contribution in [0, 0.1) is 17.0 Å². The van der Waals surface area contributed by atoms with Gasteiger partial charge in [-0.15, -0.1) is 0 Å². The van der Waals surface area contributed by atoms with Crippen LogP contribution >= 0.6 is 0 Å². The van der Waals surface area contributed by atoms with Crippen LogP contribution in [0.5, 0.6) is 0 Å². The summed E-state index contributed by atoms with van der Waals surface area (Å²) in [6, 6.07) is 12.5. The first-order valence-electron chi connectivity index (χ1n) is 11.2. The normalized spacial score (nSPS) is 17.4. The second-order valence-electron chi connectivity index (χ2n) is 9.17. The molecular weight excluding hydrogens is 438 g/mol. The molecule has 0 amide bonds. The third-order valence-corrected chi connectivity index (χ3v) is 5.97. The Morgan fingerprint density at radius 3 is 2.15 bits per heavy atom. The number of ether oxygens (including phenoxy) is 1. The van der Waals surface area contributed by atoms with Gasteiger partial charge in [0, 0.05) is 6.42 Å². The lowest BCUT2D eigenvalue weighted by Crippen LogP contribution is -2.21. The van der Waals surface area contributed by atoms with E-state index in [4.69, 9.17) is 0 Å². The summed E-state index contributed by atoms with van der Waals surface area (Å²) in [6.45, 7) is 4.15. The van der Waals surface area contributed by atoms with E-state index in [-0.39, 0.29) is 29.9 Å². The smallest absolute Gasteiger partial charge is 0.308 e. The number of carbonyl (C=O) groups is 1. The highest BCUT2D eigenvalue weighted by atomic mass is 19.1. The van der Waals surface area contributed by atoms with Gasteiger partial charge in [-0.2, -0.15) is 0 Å². The molecule has 2 atom stereocenters. The molecule has 0 fully saturated rings. The van der Waals surface area contributed by atoms with Crippen LogP contribution in [0.25, 0.3) is 11.1 Å². The average molecular weight is 469 g/mol.